The van der Waals surface area contributed by atoms with Crippen molar-refractivity contribution in [2.75, 3.05) is 6.54 Å². The van der Waals surface area contributed by atoms with Crippen LogP contribution >= 0.6 is 11.6 Å². The second-order valence-electron chi connectivity index (χ2n) is 3.36. The van der Waals surface area contributed by atoms with Crippen LogP contribution in [0.25, 0.3) is 10.9 Å². The molecule has 0 aliphatic heterocycles. The van der Waals surface area contributed by atoms with Gasteiger partial charge in [0.2, 0.25) is 0 Å². The third-order valence-electron chi connectivity index (χ3n) is 2.32. The first kappa shape index (κ1) is 10.2. The predicted molar refractivity (Wildman–Crippen MR) is 61.3 cm³/mol. The predicted octanol–water partition coefficient (Wildman–Crippen LogP) is 2.35. The third kappa shape index (κ3) is 1.89. The number of carbonyl (C=O) groups excluding carboxylic acids is 1. The number of ketones is 1. The summed E-state index contributed by atoms with van der Waals surface area (Å²) in [6.07, 6.45) is 2.08. The smallest absolute Gasteiger partial charge is 0.164 e. The topological polar surface area (TPSA) is 58.9 Å². The Morgan fingerprint density at radius 3 is 3.00 bits per heavy atom. The van der Waals surface area contributed by atoms with Gasteiger partial charge in [-0.1, -0.05) is 11.6 Å². The van der Waals surface area contributed by atoms with Crippen molar-refractivity contribution < 1.29 is 4.79 Å². The van der Waals surface area contributed by atoms with Crippen molar-refractivity contribution in [3.05, 3.63) is 35.0 Å². The molecule has 0 aliphatic carbocycles. The molecule has 0 radical (unpaired) electrons. The molecule has 0 atom stereocenters. The van der Waals surface area contributed by atoms with Gasteiger partial charge in [-0.15, -0.1) is 0 Å². The maximum absolute atomic E-state index is 11.6. The van der Waals surface area contributed by atoms with Gasteiger partial charge in [0.15, 0.2) is 5.78 Å². The van der Waals surface area contributed by atoms with Crippen LogP contribution in [0.2, 0.25) is 5.02 Å². The SMILES string of the molecule is NCCC(=O)c1ccc2[nH]cc(Cl)c2c1. The first-order valence-electron chi connectivity index (χ1n) is 4.72. The molecule has 0 spiro atoms. The highest BCUT2D eigenvalue weighted by atomic mass is 35.5. The lowest BCUT2D eigenvalue weighted by molar-refractivity contribution is 0.0985. The average molecular weight is 223 g/mol. The molecule has 3 nitrogen and oxygen atoms in total. The number of fused-ring (bicyclic) bond motifs is 1. The number of H-pyrrole nitrogens is 1. The Labute approximate surface area is 92.2 Å². The van der Waals surface area contributed by atoms with Crippen molar-refractivity contribution in [3.8, 4) is 0 Å². The van der Waals surface area contributed by atoms with Gasteiger partial charge in [0.25, 0.3) is 0 Å². The van der Waals surface area contributed by atoms with Gasteiger partial charge in [-0.2, -0.15) is 0 Å². The fourth-order valence-corrected chi connectivity index (χ4v) is 1.75. The van der Waals surface area contributed by atoms with E-state index in [1.165, 1.54) is 0 Å². The van der Waals surface area contributed by atoms with Gasteiger partial charge in [-0.25, -0.2) is 0 Å². The molecule has 1 aromatic carbocycles. The zero-order valence-corrected chi connectivity index (χ0v) is 8.84. The number of aromatic nitrogens is 1. The Bertz CT molecular complexity index is 504. The highest BCUT2D eigenvalue weighted by Gasteiger charge is 2.07. The van der Waals surface area contributed by atoms with E-state index in [0.717, 1.165) is 10.9 Å². The molecule has 0 saturated carbocycles. The first-order valence-corrected chi connectivity index (χ1v) is 5.10. The monoisotopic (exact) mass is 222 g/mol. The van der Waals surface area contributed by atoms with Gasteiger partial charge in [0.05, 0.1) is 5.02 Å². The number of nitrogens with one attached hydrogen (secondary N) is 1. The maximum atomic E-state index is 11.6. The molecule has 78 valence electrons. The second kappa shape index (κ2) is 4.04. The van der Waals surface area contributed by atoms with Crippen molar-refractivity contribution >= 4 is 28.3 Å². The van der Waals surface area contributed by atoms with Gasteiger partial charge >= 0.3 is 0 Å². The van der Waals surface area contributed by atoms with Crippen LogP contribution in [0, 0.1) is 0 Å². The van der Waals surface area contributed by atoms with Crippen molar-refractivity contribution in [1.82, 2.24) is 4.98 Å². The normalized spacial score (nSPS) is 10.8. The van der Waals surface area contributed by atoms with Crippen molar-refractivity contribution in [1.29, 1.82) is 0 Å². The minimum absolute atomic E-state index is 0.0525. The fourth-order valence-electron chi connectivity index (χ4n) is 1.54. The summed E-state index contributed by atoms with van der Waals surface area (Å²) in [5.41, 5.74) is 6.93. The Balaban J connectivity index is 2.45. The molecule has 0 saturated heterocycles. The van der Waals surface area contributed by atoms with Crippen LogP contribution in [0.3, 0.4) is 0 Å². The molecular weight excluding hydrogens is 212 g/mol. The number of benzene rings is 1. The molecule has 3 N–H and O–H groups in total. The first-order chi connectivity index (χ1) is 7.22. The van der Waals surface area contributed by atoms with Crippen molar-refractivity contribution in [2.24, 2.45) is 5.73 Å². The van der Waals surface area contributed by atoms with E-state index in [-0.39, 0.29) is 5.78 Å². The molecule has 0 fully saturated rings. The van der Waals surface area contributed by atoms with E-state index >= 15 is 0 Å². The van der Waals surface area contributed by atoms with Crippen LogP contribution in [-0.2, 0) is 0 Å². The van der Waals surface area contributed by atoms with E-state index in [4.69, 9.17) is 17.3 Å². The van der Waals surface area contributed by atoms with Crippen LogP contribution in [0.15, 0.2) is 24.4 Å². The Morgan fingerprint density at radius 1 is 1.47 bits per heavy atom. The molecule has 0 unspecified atom stereocenters. The molecule has 1 aromatic heterocycles. The van der Waals surface area contributed by atoms with E-state index in [1.54, 1.807) is 18.3 Å². The summed E-state index contributed by atoms with van der Waals surface area (Å²) in [5.74, 6) is 0.0525. The van der Waals surface area contributed by atoms with Gasteiger partial charge in [-0.05, 0) is 24.7 Å². The number of Topliss-reactive ketones (excluding diaryl/α,β-unsaturated/α-hetero) is 1. The Kier molecular flexibility index (Phi) is 2.75. The minimum Gasteiger partial charge on any atom is -0.360 e. The summed E-state index contributed by atoms with van der Waals surface area (Å²) in [6.45, 7) is 0.373. The maximum Gasteiger partial charge on any atom is 0.164 e. The Hall–Kier alpha value is -1.32. The quantitative estimate of drug-likeness (QED) is 0.784. The van der Waals surface area contributed by atoms with Gasteiger partial charge in [0, 0.05) is 29.1 Å². The lowest BCUT2D eigenvalue weighted by Crippen LogP contribution is -2.07. The van der Waals surface area contributed by atoms with Gasteiger partial charge in [-0.3, -0.25) is 4.79 Å². The van der Waals surface area contributed by atoms with Gasteiger partial charge < -0.3 is 10.7 Å². The summed E-state index contributed by atoms with van der Waals surface area (Å²) in [7, 11) is 0. The number of nitrogens with two attached hydrogens (primary N) is 1. The molecule has 2 aromatic rings. The molecule has 4 heteroatoms. The van der Waals surface area contributed by atoms with E-state index in [1.807, 2.05) is 6.07 Å². The molecule has 1 heterocycles. The highest BCUT2D eigenvalue weighted by Crippen LogP contribution is 2.24. The zero-order chi connectivity index (χ0) is 10.8. The average Bonchev–Trinajstić information content (AvgIpc) is 2.60. The second-order valence-corrected chi connectivity index (χ2v) is 3.77. The van der Waals surface area contributed by atoms with Crippen molar-refractivity contribution in [2.45, 2.75) is 6.42 Å². The molecule has 15 heavy (non-hydrogen) atoms. The number of halogens is 1. The Morgan fingerprint density at radius 2 is 2.27 bits per heavy atom. The largest absolute Gasteiger partial charge is 0.360 e. The zero-order valence-electron chi connectivity index (χ0n) is 8.09. The summed E-state index contributed by atoms with van der Waals surface area (Å²) >= 11 is 5.96. The number of aromatic amines is 1. The van der Waals surface area contributed by atoms with Crippen LogP contribution in [0.4, 0.5) is 0 Å². The highest BCUT2D eigenvalue weighted by molar-refractivity contribution is 6.35. The minimum atomic E-state index is 0.0525. The van der Waals surface area contributed by atoms with Crippen molar-refractivity contribution in [3.63, 3.8) is 0 Å². The van der Waals surface area contributed by atoms with E-state index in [0.29, 0.717) is 23.6 Å². The molecular formula is C11H11ClN2O. The van der Waals surface area contributed by atoms with Crippen LogP contribution in [-0.4, -0.2) is 17.3 Å². The lowest BCUT2D eigenvalue weighted by Gasteiger charge is -1.99. The number of carbonyl (C=O) groups is 1. The van der Waals surface area contributed by atoms with E-state index < -0.39 is 0 Å². The van der Waals surface area contributed by atoms with Gasteiger partial charge in [0.1, 0.15) is 0 Å². The van der Waals surface area contributed by atoms with E-state index in [2.05, 4.69) is 4.98 Å². The summed E-state index contributed by atoms with van der Waals surface area (Å²) in [6, 6.07) is 5.43. The fraction of sp³-hybridized carbons (Fsp3) is 0.182. The standard InChI is InChI=1S/C11H11ClN2O/c12-9-6-14-10-2-1-7(5-8(9)10)11(15)3-4-13/h1-2,5-6,14H,3-4,13H2. The summed E-state index contributed by atoms with van der Waals surface area (Å²) in [5, 5.41) is 1.51. The number of rotatable bonds is 3. The van der Waals surface area contributed by atoms with Crippen LogP contribution < -0.4 is 5.73 Å². The molecule has 0 aliphatic rings. The number of hydrogen-bond donors (Lipinski definition) is 2. The lowest BCUT2D eigenvalue weighted by atomic mass is 10.1. The summed E-state index contributed by atoms with van der Waals surface area (Å²) < 4.78 is 0. The molecule has 0 amide bonds. The van der Waals surface area contributed by atoms with Crippen LogP contribution in [0.1, 0.15) is 16.8 Å². The number of hydrogen-bond acceptors (Lipinski definition) is 2. The summed E-state index contributed by atoms with van der Waals surface area (Å²) in [4.78, 5) is 14.6. The molecule has 2 rings (SSSR count). The van der Waals surface area contributed by atoms with Crippen LogP contribution in [0.5, 0.6) is 0 Å². The third-order valence-corrected chi connectivity index (χ3v) is 2.64. The molecule has 0 bridgehead atoms. The van der Waals surface area contributed by atoms with E-state index in [9.17, 15) is 4.79 Å².